The summed E-state index contributed by atoms with van der Waals surface area (Å²) in [6.45, 7) is 8.16. The van der Waals surface area contributed by atoms with Gasteiger partial charge in [0, 0.05) is 25.6 Å². The molecule has 1 N–H and O–H groups in total. The highest BCUT2D eigenvalue weighted by Crippen LogP contribution is 2.26. The summed E-state index contributed by atoms with van der Waals surface area (Å²) in [6, 6.07) is 13.0. The predicted molar refractivity (Wildman–Crippen MR) is 154 cm³/mol. The van der Waals surface area contributed by atoms with Crippen LogP contribution < -0.4 is 9.62 Å². The van der Waals surface area contributed by atoms with Crippen molar-refractivity contribution >= 4 is 27.5 Å². The molecule has 0 heterocycles. The summed E-state index contributed by atoms with van der Waals surface area (Å²) in [5, 5.41) is 3.16. The zero-order valence-corrected chi connectivity index (χ0v) is 24.3. The molecule has 1 aliphatic rings. The molecule has 38 heavy (non-hydrogen) atoms. The standard InChI is InChI=1S/C30H43N3O4S/c1-22-14-11-18-28(24(22)3)33(38(5,36)37)20-12-19-29(34)32(21-26-15-10-9-13-23(26)2)25(4)30(35)31-27-16-7-6-8-17-27/h9-11,13-15,18,25,27H,6-8,12,16-17,19-21H2,1-5H3,(H,31,35). The second-order valence-corrected chi connectivity index (χ2v) is 12.5. The minimum absolute atomic E-state index is 0.132. The number of aryl methyl sites for hydroxylation is 2. The van der Waals surface area contributed by atoms with Crippen molar-refractivity contribution in [1.82, 2.24) is 10.2 Å². The van der Waals surface area contributed by atoms with Gasteiger partial charge in [0.05, 0.1) is 11.9 Å². The van der Waals surface area contributed by atoms with Gasteiger partial charge >= 0.3 is 0 Å². The van der Waals surface area contributed by atoms with Gasteiger partial charge in [-0.25, -0.2) is 8.42 Å². The van der Waals surface area contributed by atoms with Crippen molar-refractivity contribution in [2.45, 2.75) is 91.3 Å². The number of sulfonamides is 1. The van der Waals surface area contributed by atoms with Crippen LogP contribution in [0.25, 0.3) is 0 Å². The minimum atomic E-state index is -3.53. The van der Waals surface area contributed by atoms with Gasteiger partial charge in [-0.15, -0.1) is 0 Å². The van der Waals surface area contributed by atoms with Crippen molar-refractivity contribution < 1.29 is 18.0 Å². The molecule has 0 saturated heterocycles. The number of amides is 2. The molecular weight excluding hydrogens is 498 g/mol. The first-order valence-corrected chi connectivity index (χ1v) is 15.5. The lowest BCUT2D eigenvalue weighted by Crippen LogP contribution is -2.50. The van der Waals surface area contributed by atoms with Gasteiger partial charge in [0.15, 0.2) is 0 Å². The lowest BCUT2D eigenvalue weighted by molar-refractivity contribution is -0.141. The van der Waals surface area contributed by atoms with Crippen LogP contribution >= 0.6 is 0 Å². The van der Waals surface area contributed by atoms with Gasteiger partial charge in [-0.1, -0.05) is 55.7 Å². The number of benzene rings is 2. The quantitative estimate of drug-likeness (QED) is 0.433. The molecule has 2 aromatic carbocycles. The number of hydrogen-bond donors (Lipinski definition) is 1. The van der Waals surface area contributed by atoms with Gasteiger partial charge < -0.3 is 10.2 Å². The van der Waals surface area contributed by atoms with E-state index in [2.05, 4.69) is 5.32 Å². The number of hydrogen-bond acceptors (Lipinski definition) is 4. The Morgan fingerprint density at radius 2 is 1.63 bits per heavy atom. The summed E-state index contributed by atoms with van der Waals surface area (Å²) < 4.78 is 26.7. The monoisotopic (exact) mass is 541 g/mol. The molecule has 7 nitrogen and oxygen atoms in total. The van der Waals surface area contributed by atoms with E-state index in [4.69, 9.17) is 0 Å². The lowest BCUT2D eigenvalue weighted by Gasteiger charge is -2.32. The van der Waals surface area contributed by atoms with Crippen LogP contribution in [-0.2, 0) is 26.2 Å². The van der Waals surface area contributed by atoms with Crippen molar-refractivity contribution in [3.63, 3.8) is 0 Å². The molecule has 3 rings (SSSR count). The van der Waals surface area contributed by atoms with Gasteiger partial charge in [-0.3, -0.25) is 13.9 Å². The fraction of sp³-hybridized carbons (Fsp3) is 0.533. The SMILES string of the molecule is Cc1ccccc1CN(C(=O)CCCN(c1cccc(C)c1C)S(C)(=O)=O)C(C)C(=O)NC1CCCCC1. The second-order valence-electron chi connectivity index (χ2n) is 10.6. The Hall–Kier alpha value is -2.87. The molecule has 0 bridgehead atoms. The highest BCUT2D eigenvalue weighted by molar-refractivity contribution is 7.92. The number of rotatable bonds is 11. The third-order valence-electron chi connectivity index (χ3n) is 7.72. The van der Waals surface area contributed by atoms with Crippen LogP contribution in [0, 0.1) is 20.8 Å². The Morgan fingerprint density at radius 1 is 0.974 bits per heavy atom. The number of anilines is 1. The summed E-state index contributed by atoms with van der Waals surface area (Å²) in [4.78, 5) is 28.4. The van der Waals surface area contributed by atoms with Crippen molar-refractivity contribution in [1.29, 1.82) is 0 Å². The average Bonchev–Trinajstić information content (AvgIpc) is 2.87. The van der Waals surface area contributed by atoms with Crippen molar-refractivity contribution in [3.05, 3.63) is 64.7 Å². The molecule has 1 aliphatic carbocycles. The largest absolute Gasteiger partial charge is 0.352 e. The van der Waals surface area contributed by atoms with E-state index < -0.39 is 16.1 Å². The van der Waals surface area contributed by atoms with Crippen LogP contribution in [0.1, 0.15) is 74.1 Å². The van der Waals surface area contributed by atoms with Crippen LogP contribution in [-0.4, -0.2) is 50.0 Å². The number of nitrogens with one attached hydrogen (secondary N) is 1. The molecule has 2 aromatic rings. The summed E-state index contributed by atoms with van der Waals surface area (Å²) in [5.74, 6) is -0.291. The Bertz CT molecular complexity index is 1220. The van der Waals surface area contributed by atoms with Crippen LogP contribution in [0.2, 0.25) is 0 Å². The molecule has 208 valence electrons. The van der Waals surface area contributed by atoms with Crippen LogP contribution in [0.15, 0.2) is 42.5 Å². The van der Waals surface area contributed by atoms with E-state index in [0.717, 1.165) is 47.9 Å². The number of carbonyl (C=O) groups is 2. The number of carbonyl (C=O) groups excluding carboxylic acids is 2. The van der Waals surface area contributed by atoms with Gasteiger partial charge in [-0.05, 0) is 75.3 Å². The van der Waals surface area contributed by atoms with E-state index in [1.54, 1.807) is 17.9 Å². The van der Waals surface area contributed by atoms with Crippen molar-refractivity contribution in [2.24, 2.45) is 0 Å². The smallest absolute Gasteiger partial charge is 0.242 e. The highest BCUT2D eigenvalue weighted by atomic mass is 32.2. The van der Waals surface area contributed by atoms with E-state index in [9.17, 15) is 18.0 Å². The molecule has 1 atom stereocenters. The minimum Gasteiger partial charge on any atom is -0.352 e. The van der Waals surface area contributed by atoms with Crippen LogP contribution in [0.3, 0.4) is 0 Å². The third kappa shape index (κ3) is 7.82. The summed E-state index contributed by atoms with van der Waals surface area (Å²) in [5.41, 5.74) is 4.60. The van der Waals surface area contributed by atoms with Gasteiger partial charge in [-0.2, -0.15) is 0 Å². The second kappa shape index (κ2) is 13.3. The molecule has 1 saturated carbocycles. The van der Waals surface area contributed by atoms with E-state index in [1.807, 2.05) is 57.2 Å². The van der Waals surface area contributed by atoms with E-state index in [-0.39, 0.29) is 30.8 Å². The van der Waals surface area contributed by atoms with E-state index in [1.165, 1.54) is 17.0 Å². The first-order valence-electron chi connectivity index (χ1n) is 13.7. The maximum Gasteiger partial charge on any atom is 0.242 e. The van der Waals surface area contributed by atoms with Gasteiger partial charge in [0.2, 0.25) is 21.8 Å². The van der Waals surface area contributed by atoms with Crippen LogP contribution in [0.4, 0.5) is 5.69 Å². The van der Waals surface area contributed by atoms with Gasteiger partial charge in [0.25, 0.3) is 0 Å². The molecule has 8 heteroatoms. The maximum atomic E-state index is 13.6. The molecule has 2 amide bonds. The summed E-state index contributed by atoms with van der Waals surface area (Å²) in [6.07, 6.45) is 7.06. The Labute approximate surface area is 228 Å². The van der Waals surface area contributed by atoms with Crippen LogP contribution in [0.5, 0.6) is 0 Å². The molecular formula is C30H43N3O4S. The molecule has 0 radical (unpaired) electrons. The topological polar surface area (TPSA) is 86.8 Å². The van der Waals surface area contributed by atoms with Gasteiger partial charge in [0.1, 0.15) is 6.04 Å². The Kier molecular flexibility index (Phi) is 10.4. The highest BCUT2D eigenvalue weighted by Gasteiger charge is 2.29. The maximum absolute atomic E-state index is 13.6. The fourth-order valence-corrected chi connectivity index (χ4v) is 6.13. The first-order chi connectivity index (χ1) is 18.0. The lowest BCUT2D eigenvalue weighted by atomic mass is 9.95. The van der Waals surface area contributed by atoms with Crippen molar-refractivity contribution in [3.8, 4) is 0 Å². The zero-order chi connectivity index (χ0) is 27.9. The normalized spacial score (nSPS) is 15.1. The molecule has 0 aliphatic heterocycles. The molecule has 0 aromatic heterocycles. The molecule has 0 spiro atoms. The first kappa shape index (κ1) is 29.7. The Morgan fingerprint density at radius 3 is 2.29 bits per heavy atom. The number of nitrogens with zero attached hydrogens (tertiary/aromatic N) is 2. The fourth-order valence-electron chi connectivity index (χ4n) is 5.11. The Balaban J connectivity index is 1.75. The van der Waals surface area contributed by atoms with E-state index in [0.29, 0.717) is 18.7 Å². The molecule has 1 unspecified atom stereocenters. The van der Waals surface area contributed by atoms with E-state index >= 15 is 0 Å². The zero-order valence-electron chi connectivity index (χ0n) is 23.5. The average molecular weight is 542 g/mol. The molecule has 1 fully saturated rings. The summed E-state index contributed by atoms with van der Waals surface area (Å²) in [7, 11) is -3.53. The van der Waals surface area contributed by atoms with Crippen molar-refractivity contribution in [2.75, 3.05) is 17.1 Å². The summed E-state index contributed by atoms with van der Waals surface area (Å²) >= 11 is 0. The third-order valence-corrected chi connectivity index (χ3v) is 8.90. The predicted octanol–water partition coefficient (Wildman–Crippen LogP) is 5.02.